The second-order valence-electron chi connectivity index (χ2n) is 5.30. The zero-order valence-corrected chi connectivity index (χ0v) is 13.6. The van der Waals surface area contributed by atoms with Crippen LogP contribution in [0.3, 0.4) is 0 Å². The van der Waals surface area contributed by atoms with Gasteiger partial charge in [0.25, 0.3) is 11.5 Å². The Hall–Kier alpha value is -3.56. The first-order valence-corrected chi connectivity index (χ1v) is 7.33. The summed E-state index contributed by atoms with van der Waals surface area (Å²) in [6.45, 7) is -0.163. The highest BCUT2D eigenvalue weighted by Crippen LogP contribution is 2.04. The number of rotatable bonds is 4. The Kier molecular flexibility index (Phi) is 4.25. The van der Waals surface area contributed by atoms with Crippen molar-refractivity contribution in [1.29, 1.82) is 0 Å². The molecule has 0 atom stereocenters. The van der Waals surface area contributed by atoms with Crippen LogP contribution in [0.4, 0.5) is 0 Å². The number of aryl methyl sites for hydroxylation is 1. The normalized spacial score (nSPS) is 11.3. The van der Waals surface area contributed by atoms with Crippen LogP contribution in [0.2, 0.25) is 0 Å². The molecule has 10 heteroatoms. The molecule has 3 heterocycles. The van der Waals surface area contributed by atoms with Crippen LogP contribution in [-0.4, -0.2) is 35.8 Å². The molecule has 25 heavy (non-hydrogen) atoms. The monoisotopic (exact) mass is 341 g/mol. The van der Waals surface area contributed by atoms with Crippen LogP contribution < -0.4 is 16.7 Å². The van der Waals surface area contributed by atoms with Crippen molar-refractivity contribution in [3.63, 3.8) is 0 Å². The van der Waals surface area contributed by atoms with E-state index in [1.807, 2.05) is 0 Å². The van der Waals surface area contributed by atoms with Crippen LogP contribution >= 0.6 is 0 Å². The van der Waals surface area contributed by atoms with Gasteiger partial charge in [0.2, 0.25) is 0 Å². The molecule has 0 spiro atoms. The van der Waals surface area contributed by atoms with E-state index in [1.165, 1.54) is 35.8 Å². The van der Waals surface area contributed by atoms with E-state index in [0.29, 0.717) is 5.69 Å². The smallest absolute Gasteiger partial charge is 0.315 e. The van der Waals surface area contributed by atoms with E-state index in [0.717, 1.165) is 4.57 Å². The average Bonchev–Trinajstić information content (AvgIpc) is 3.02. The van der Waals surface area contributed by atoms with Gasteiger partial charge in [0.1, 0.15) is 6.54 Å². The van der Waals surface area contributed by atoms with E-state index in [9.17, 15) is 14.4 Å². The molecular weight excluding hydrogens is 326 g/mol. The summed E-state index contributed by atoms with van der Waals surface area (Å²) < 4.78 is 3.60. The van der Waals surface area contributed by atoms with Crippen LogP contribution in [-0.2, 0) is 25.4 Å². The number of hydrogen-bond acceptors (Lipinski definition) is 6. The minimum atomic E-state index is -0.514. The molecule has 0 aliphatic carbocycles. The summed E-state index contributed by atoms with van der Waals surface area (Å²) in [5.41, 5.74) is 2.36. The lowest BCUT2D eigenvalue weighted by Crippen LogP contribution is -2.38. The Bertz CT molecular complexity index is 1080. The van der Waals surface area contributed by atoms with E-state index < -0.39 is 17.2 Å². The van der Waals surface area contributed by atoms with Gasteiger partial charge in [-0.25, -0.2) is 15.2 Å². The lowest BCUT2D eigenvalue weighted by Gasteiger charge is -2.05. The van der Waals surface area contributed by atoms with Crippen LogP contribution in [0.1, 0.15) is 5.69 Å². The molecule has 128 valence electrons. The van der Waals surface area contributed by atoms with E-state index >= 15 is 0 Å². The number of fused-ring (bicyclic) bond motifs is 1. The first kappa shape index (κ1) is 16.3. The Morgan fingerprint density at radius 2 is 2.04 bits per heavy atom. The largest absolute Gasteiger partial charge is 0.332 e. The molecule has 0 saturated heterocycles. The number of hydrazone groups is 1. The zero-order valence-electron chi connectivity index (χ0n) is 13.6. The van der Waals surface area contributed by atoms with Gasteiger partial charge in [0, 0.05) is 20.3 Å². The van der Waals surface area contributed by atoms with Crippen molar-refractivity contribution in [2.24, 2.45) is 19.2 Å². The topological polar surface area (TPSA) is 116 Å². The van der Waals surface area contributed by atoms with Crippen molar-refractivity contribution in [2.75, 3.05) is 0 Å². The average molecular weight is 341 g/mol. The molecule has 0 fully saturated rings. The predicted molar refractivity (Wildman–Crippen MR) is 90.2 cm³/mol. The number of aromatic nitrogens is 5. The SMILES string of the molecule is Cn1c(=O)c2c(ncn2CC(=O)N/N=C/c2ccccn2)n(C)c1=O. The molecule has 0 radical (unpaired) electrons. The van der Waals surface area contributed by atoms with Crippen LogP contribution in [0.25, 0.3) is 11.2 Å². The first-order valence-electron chi connectivity index (χ1n) is 7.33. The highest BCUT2D eigenvalue weighted by Gasteiger charge is 2.15. The second kappa shape index (κ2) is 6.51. The summed E-state index contributed by atoms with van der Waals surface area (Å²) in [7, 11) is 2.89. The molecule has 3 aromatic rings. The standard InChI is InChI=1S/C15H15N7O3/c1-20-13-12(14(24)21(2)15(20)25)22(9-17-13)8-11(23)19-18-7-10-5-3-4-6-16-10/h3-7,9H,8H2,1-2H3,(H,19,23)/b18-7+. The molecule has 0 bridgehead atoms. The second-order valence-corrected chi connectivity index (χ2v) is 5.30. The molecule has 0 aliphatic rings. The molecule has 0 unspecified atom stereocenters. The van der Waals surface area contributed by atoms with Gasteiger partial charge in [-0.3, -0.25) is 23.7 Å². The lowest BCUT2D eigenvalue weighted by molar-refractivity contribution is -0.121. The third-order valence-corrected chi connectivity index (χ3v) is 3.60. The molecule has 0 aliphatic heterocycles. The van der Waals surface area contributed by atoms with Gasteiger partial charge in [0.05, 0.1) is 18.2 Å². The molecule has 0 saturated carbocycles. The summed E-state index contributed by atoms with van der Waals surface area (Å²) in [5, 5.41) is 3.81. The maximum atomic E-state index is 12.3. The van der Waals surface area contributed by atoms with Gasteiger partial charge < -0.3 is 4.57 Å². The van der Waals surface area contributed by atoms with Gasteiger partial charge in [-0.2, -0.15) is 5.10 Å². The summed E-state index contributed by atoms with van der Waals surface area (Å²) in [6.07, 6.45) is 4.36. The number of hydrogen-bond donors (Lipinski definition) is 1. The van der Waals surface area contributed by atoms with Crippen molar-refractivity contribution in [3.8, 4) is 0 Å². The number of amides is 1. The first-order chi connectivity index (χ1) is 12.0. The van der Waals surface area contributed by atoms with E-state index in [4.69, 9.17) is 0 Å². The minimum Gasteiger partial charge on any atom is -0.315 e. The fourth-order valence-corrected chi connectivity index (χ4v) is 2.33. The van der Waals surface area contributed by atoms with Gasteiger partial charge in [-0.1, -0.05) is 6.07 Å². The summed E-state index contributed by atoms with van der Waals surface area (Å²) in [5.74, 6) is -0.442. The van der Waals surface area contributed by atoms with Crippen molar-refractivity contribution in [1.82, 2.24) is 29.1 Å². The van der Waals surface area contributed by atoms with Crippen molar-refractivity contribution in [3.05, 3.63) is 57.3 Å². The Morgan fingerprint density at radius 1 is 1.24 bits per heavy atom. The molecule has 10 nitrogen and oxygen atoms in total. The van der Waals surface area contributed by atoms with Crippen molar-refractivity contribution >= 4 is 23.3 Å². The van der Waals surface area contributed by atoms with Gasteiger partial charge in [-0.15, -0.1) is 0 Å². The highest BCUT2D eigenvalue weighted by molar-refractivity contribution is 5.81. The van der Waals surface area contributed by atoms with Crippen molar-refractivity contribution in [2.45, 2.75) is 6.54 Å². The van der Waals surface area contributed by atoms with E-state index in [2.05, 4.69) is 20.5 Å². The summed E-state index contributed by atoms with van der Waals surface area (Å²) >= 11 is 0. The number of imidazole rings is 1. The fourth-order valence-electron chi connectivity index (χ4n) is 2.33. The molecular formula is C15H15N7O3. The fraction of sp³-hybridized carbons (Fsp3) is 0.200. The van der Waals surface area contributed by atoms with E-state index in [1.54, 1.807) is 24.4 Å². The van der Waals surface area contributed by atoms with Crippen molar-refractivity contribution < 1.29 is 4.79 Å². The Balaban J connectivity index is 1.82. The highest BCUT2D eigenvalue weighted by atomic mass is 16.2. The number of carbonyl (C=O) groups is 1. The molecule has 1 amide bonds. The molecule has 0 aromatic carbocycles. The number of carbonyl (C=O) groups excluding carboxylic acids is 1. The predicted octanol–water partition coefficient (Wildman–Crippen LogP) is -1.02. The van der Waals surface area contributed by atoms with Gasteiger partial charge in [-0.05, 0) is 12.1 Å². The van der Waals surface area contributed by atoms with E-state index in [-0.39, 0.29) is 17.7 Å². The Morgan fingerprint density at radius 3 is 2.76 bits per heavy atom. The maximum Gasteiger partial charge on any atom is 0.332 e. The molecule has 3 aromatic heterocycles. The summed E-state index contributed by atoms with van der Waals surface area (Å²) in [4.78, 5) is 44.3. The lowest BCUT2D eigenvalue weighted by atomic mass is 10.4. The number of nitrogens with one attached hydrogen (secondary N) is 1. The minimum absolute atomic E-state index is 0.163. The summed E-state index contributed by atoms with van der Waals surface area (Å²) in [6, 6.07) is 5.31. The maximum absolute atomic E-state index is 12.3. The third-order valence-electron chi connectivity index (χ3n) is 3.60. The molecule has 1 N–H and O–H groups in total. The van der Waals surface area contributed by atoms with Crippen LogP contribution in [0, 0.1) is 0 Å². The third kappa shape index (κ3) is 3.09. The molecule has 3 rings (SSSR count). The number of nitrogens with zero attached hydrogens (tertiary/aromatic N) is 6. The van der Waals surface area contributed by atoms with Gasteiger partial charge >= 0.3 is 5.69 Å². The van der Waals surface area contributed by atoms with Gasteiger partial charge in [0.15, 0.2) is 11.2 Å². The van der Waals surface area contributed by atoms with Crippen LogP contribution in [0.15, 0.2) is 45.4 Å². The number of pyridine rings is 1. The van der Waals surface area contributed by atoms with Crippen LogP contribution in [0.5, 0.6) is 0 Å². The zero-order chi connectivity index (χ0) is 18.0. The quantitative estimate of drug-likeness (QED) is 0.481. The Labute approximate surface area is 141 Å².